The Balaban J connectivity index is 0.634. The Bertz CT molecular complexity index is 3360. The summed E-state index contributed by atoms with van der Waals surface area (Å²) in [6.07, 6.45) is 11.0. The lowest BCUT2D eigenvalue weighted by atomic mass is 9.83. The summed E-state index contributed by atoms with van der Waals surface area (Å²) in [7, 11) is 1.91. The average Bonchev–Trinajstić information content (AvgIpc) is 4.11. The van der Waals surface area contributed by atoms with Crippen molar-refractivity contribution < 1.29 is 46.9 Å². The number of aryl methyl sites for hydroxylation is 2. The highest BCUT2D eigenvalue weighted by Gasteiger charge is 2.50. The van der Waals surface area contributed by atoms with Gasteiger partial charge in [0, 0.05) is 80.9 Å². The first-order valence-corrected chi connectivity index (χ1v) is 28.1. The summed E-state index contributed by atoms with van der Waals surface area (Å²) in [5.74, 6) is -2.62. The standard InChI is InChI=1S/C58H65F3N10O7/c1-67-45-28-36(5-7-40(45)51(66-67)41-8-11-46(73)63-55(41)74)68-21-13-33(14-22-68)26-34-15-23-69(24-16-34)57(75)77-31-38-12-18-58(17-2-20-71(38)58)32-78-56-64-53-48-44(10-6-37-30-76-25-3-19-70(37)54(48)65-56)62-52(50(53)61)42-29-39(72)27-35-4-9-43(59)49(60)47(35)42/h4-5,7,9,27-29,33-34,37-38,41,72H,2-3,6,8,10-26,30-32H2,1H3,(H,63,73,74)/t37-,38-,41?,58-/m0/s1. The van der Waals surface area contributed by atoms with Crippen molar-refractivity contribution in [1.29, 1.82) is 0 Å². The van der Waals surface area contributed by atoms with Crippen LogP contribution >= 0.6 is 0 Å². The summed E-state index contributed by atoms with van der Waals surface area (Å²) in [5, 5.41) is 19.3. The normalized spacial score (nSPS) is 24.4. The van der Waals surface area contributed by atoms with Gasteiger partial charge in [-0.2, -0.15) is 15.1 Å². The van der Waals surface area contributed by atoms with Crippen LogP contribution < -0.4 is 19.9 Å². The Kier molecular flexibility index (Phi) is 13.3. The van der Waals surface area contributed by atoms with E-state index >= 15 is 8.78 Å². The number of pyridine rings is 1. The number of hydrogen-bond donors (Lipinski definition) is 2. The van der Waals surface area contributed by atoms with E-state index in [1.807, 2.05) is 16.6 Å². The van der Waals surface area contributed by atoms with Crippen LogP contribution in [0, 0.1) is 29.3 Å². The molecule has 13 rings (SSSR count). The number of aromatic hydroxyl groups is 1. The molecular formula is C58H65F3N10O7. The van der Waals surface area contributed by atoms with Gasteiger partial charge in [-0.15, -0.1) is 0 Å². The van der Waals surface area contributed by atoms with Gasteiger partial charge < -0.3 is 34.0 Å². The van der Waals surface area contributed by atoms with E-state index in [4.69, 9.17) is 34.3 Å². The minimum atomic E-state index is -1.16. The molecule has 17 nitrogen and oxygen atoms in total. The first kappa shape index (κ1) is 50.7. The Hall–Kier alpha value is -6.80. The molecule has 0 saturated carbocycles. The molecule has 1 unspecified atom stereocenters. The number of halogens is 3. The monoisotopic (exact) mass is 1070 g/mol. The molecule has 3 aromatic carbocycles. The van der Waals surface area contributed by atoms with Crippen molar-refractivity contribution in [2.75, 3.05) is 75.5 Å². The number of rotatable bonds is 10. The lowest BCUT2D eigenvalue weighted by Gasteiger charge is -2.37. The molecule has 3 aromatic heterocycles. The number of nitrogens with one attached hydrogen (secondary N) is 1. The lowest BCUT2D eigenvalue weighted by Crippen LogP contribution is -2.48. The molecule has 6 saturated heterocycles. The molecule has 20 heteroatoms. The highest BCUT2D eigenvalue weighted by molar-refractivity contribution is 6.03. The number of amides is 3. The smallest absolute Gasteiger partial charge is 0.409 e. The minimum absolute atomic E-state index is 0.00292. The molecule has 0 bridgehead atoms. The van der Waals surface area contributed by atoms with Gasteiger partial charge in [-0.05, 0) is 144 Å². The number of piperidine rings is 3. The van der Waals surface area contributed by atoms with Crippen LogP contribution in [0.2, 0.25) is 0 Å². The van der Waals surface area contributed by atoms with Crippen molar-refractivity contribution >= 4 is 62.0 Å². The van der Waals surface area contributed by atoms with Gasteiger partial charge in [0.2, 0.25) is 11.8 Å². The summed E-state index contributed by atoms with van der Waals surface area (Å²) in [4.78, 5) is 61.4. The third kappa shape index (κ3) is 9.18. The lowest BCUT2D eigenvalue weighted by molar-refractivity contribution is -0.134. The zero-order valence-electron chi connectivity index (χ0n) is 44.0. The summed E-state index contributed by atoms with van der Waals surface area (Å²) in [6, 6.07) is 11.1. The average molecular weight is 1070 g/mol. The number of benzene rings is 3. The fourth-order valence-electron chi connectivity index (χ4n) is 14.2. The van der Waals surface area contributed by atoms with E-state index in [-0.39, 0.29) is 88.1 Å². The topological polar surface area (TPSA) is 181 Å². The molecule has 0 radical (unpaired) electrons. The molecule has 3 amide bonds. The zero-order valence-corrected chi connectivity index (χ0v) is 44.0. The van der Waals surface area contributed by atoms with Crippen LogP contribution in [0.1, 0.15) is 101 Å². The van der Waals surface area contributed by atoms with E-state index in [2.05, 4.69) is 38.2 Å². The molecule has 6 aromatic rings. The van der Waals surface area contributed by atoms with Gasteiger partial charge in [0.25, 0.3) is 0 Å². The van der Waals surface area contributed by atoms with E-state index in [1.54, 1.807) is 0 Å². The van der Waals surface area contributed by atoms with E-state index in [0.29, 0.717) is 87.3 Å². The number of likely N-dealkylation sites (tertiary alicyclic amines) is 1. The van der Waals surface area contributed by atoms with Crippen molar-refractivity contribution in [3.05, 3.63) is 71.3 Å². The van der Waals surface area contributed by atoms with Crippen LogP contribution in [0.15, 0.2) is 42.5 Å². The third-order valence-corrected chi connectivity index (χ3v) is 18.3. The quantitative estimate of drug-likeness (QED) is 0.125. The number of fused-ring (bicyclic) bond motifs is 5. The van der Waals surface area contributed by atoms with Gasteiger partial charge in [0.1, 0.15) is 36.0 Å². The maximum Gasteiger partial charge on any atom is 0.409 e. The van der Waals surface area contributed by atoms with Gasteiger partial charge in [-0.3, -0.25) is 24.5 Å². The van der Waals surface area contributed by atoms with Crippen LogP contribution in [0.4, 0.5) is 29.5 Å². The number of nitrogens with zero attached hydrogens (tertiary/aromatic N) is 9. The fraction of sp³-hybridized carbons (Fsp3) is 0.534. The Morgan fingerprint density at radius 2 is 1.68 bits per heavy atom. The van der Waals surface area contributed by atoms with Crippen LogP contribution in [0.25, 0.3) is 43.8 Å². The highest BCUT2D eigenvalue weighted by Crippen LogP contribution is 2.45. The maximum absolute atomic E-state index is 17.3. The summed E-state index contributed by atoms with van der Waals surface area (Å²) in [5.41, 5.74) is 2.63. The number of aromatic nitrogens is 5. The number of phenolic OH excluding ortho intramolecular Hbond substituents is 1. The first-order chi connectivity index (χ1) is 37.9. The highest BCUT2D eigenvalue weighted by atomic mass is 19.2. The molecule has 10 heterocycles. The molecule has 0 spiro atoms. The van der Waals surface area contributed by atoms with E-state index in [9.17, 15) is 23.9 Å². The third-order valence-electron chi connectivity index (χ3n) is 18.3. The number of ether oxygens (including phenoxy) is 3. The Labute approximate surface area is 449 Å². The molecule has 0 aliphatic carbocycles. The van der Waals surface area contributed by atoms with Gasteiger partial charge in [-0.25, -0.2) is 22.9 Å². The molecule has 78 heavy (non-hydrogen) atoms. The number of carbonyl (C=O) groups excluding carboxylic acids is 3. The summed E-state index contributed by atoms with van der Waals surface area (Å²) < 4.78 is 68.2. The molecule has 6 fully saturated rings. The SMILES string of the molecule is Cn1nc(C2CCC(=O)NC2=O)c2ccc(N3CCC(CC4CCN(C(=O)OC[C@@H]5CC[C@]6(COc7nc8c9c(nc(-c%10cc(O)cc%11ccc(F)c(F)c%10%11)c(F)c9n7)CC[C@H]7COCCCN87)CCCN56)CC4)CC3)cc21. The predicted octanol–water partition coefficient (Wildman–Crippen LogP) is 8.45. The van der Waals surface area contributed by atoms with Crippen LogP contribution in [-0.4, -0.2) is 141 Å². The van der Waals surface area contributed by atoms with E-state index in [0.717, 1.165) is 112 Å². The minimum Gasteiger partial charge on any atom is -0.508 e. The van der Waals surface area contributed by atoms with Crippen molar-refractivity contribution in [1.82, 2.24) is 39.8 Å². The van der Waals surface area contributed by atoms with Crippen molar-refractivity contribution in [2.45, 2.75) is 113 Å². The number of hydrogen-bond acceptors (Lipinski definition) is 14. The number of imide groups is 1. The Morgan fingerprint density at radius 1 is 0.859 bits per heavy atom. The van der Waals surface area contributed by atoms with Gasteiger partial charge in [0.05, 0.1) is 46.4 Å². The molecule has 4 atom stereocenters. The second-order valence-electron chi connectivity index (χ2n) is 22.9. The van der Waals surface area contributed by atoms with Crippen LogP contribution in [-0.2, 0) is 32.5 Å². The van der Waals surface area contributed by atoms with Gasteiger partial charge in [0.15, 0.2) is 17.5 Å². The van der Waals surface area contributed by atoms with Crippen LogP contribution in [0.5, 0.6) is 11.8 Å². The zero-order chi connectivity index (χ0) is 53.4. The summed E-state index contributed by atoms with van der Waals surface area (Å²) in [6.45, 7) is 6.28. The maximum atomic E-state index is 17.3. The molecule has 7 aliphatic rings. The van der Waals surface area contributed by atoms with Crippen molar-refractivity contribution in [2.24, 2.45) is 18.9 Å². The second kappa shape index (κ2) is 20.5. The summed E-state index contributed by atoms with van der Waals surface area (Å²) >= 11 is 0. The van der Waals surface area contributed by atoms with E-state index < -0.39 is 23.4 Å². The molecule has 7 aliphatic heterocycles. The van der Waals surface area contributed by atoms with Gasteiger partial charge in [-0.1, -0.05) is 6.07 Å². The van der Waals surface area contributed by atoms with Crippen LogP contribution in [0.3, 0.4) is 0 Å². The Morgan fingerprint density at radius 3 is 2.50 bits per heavy atom. The molecular weight excluding hydrogens is 1010 g/mol. The number of anilines is 2. The molecule has 410 valence electrons. The fourth-order valence-corrected chi connectivity index (χ4v) is 14.2. The molecule has 2 N–H and O–H groups in total. The second-order valence-corrected chi connectivity index (χ2v) is 22.9. The predicted molar refractivity (Wildman–Crippen MR) is 285 cm³/mol. The number of phenols is 1. The van der Waals surface area contributed by atoms with Crippen molar-refractivity contribution in [3.63, 3.8) is 0 Å². The first-order valence-electron chi connectivity index (χ1n) is 28.1. The van der Waals surface area contributed by atoms with Crippen molar-refractivity contribution in [3.8, 4) is 23.0 Å². The number of carbonyl (C=O) groups is 3. The van der Waals surface area contributed by atoms with Gasteiger partial charge >= 0.3 is 12.1 Å². The largest absolute Gasteiger partial charge is 0.508 e. The van der Waals surface area contributed by atoms with E-state index in [1.165, 1.54) is 18.2 Å².